The molecule has 4 nitrogen and oxygen atoms in total. The number of amides is 1. The molecule has 0 aliphatic carbocycles. The van der Waals surface area contributed by atoms with Crippen molar-refractivity contribution < 1.29 is 14.3 Å². The van der Waals surface area contributed by atoms with Crippen LogP contribution in [0.4, 0.5) is 0 Å². The lowest BCUT2D eigenvalue weighted by molar-refractivity contribution is -0.154. The van der Waals surface area contributed by atoms with Crippen molar-refractivity contribution in [1.29, 1.82) is 0 Å². The molecule has 0 aliphatic heterocycles. The second kappa shape index (κ2) is 9.02. The zero-order valence-corrected chi connectivity index (χ0v) is 15.0. The van der Waals surface area contributed by atoms with Crippen molar-refractivity contribution in [2.45, 2.75) is 39.7 Å². The van der Waals surface area contributed by atoms with Crippen molar-refractivity contribution in [3.8, 4) is 0 Å². The number of ether oxygens (including phenoxy) is 1. The highest BCUT2D eigenvalue weighted by atomic mass is 16.5. The van der Waals surface area contributed by atoms with Crippen molar-refractivity contribution in [2.24, 2.45) is 0 Å². The average molecular weight is 339 g/mol. The molecule has 132 valence electrons. The zero-order valence-electron chi connectivity index (χ0n) is 15.0. The van der Waals surface area contributed by atoms with Crippen LogP contribution < -0.4 is 5.32 Å². The van der Waals surface area contributed by atoms with Gasteiger partial charge < -0.3 is 10.1 Å². The molecule has 0 fully saturated rings. The summed E-state index contributed by atoms with van der Waals surface area (Å²) in [5.74, 6) is -0.668. The van der Waals surface area contributed by atoms with E-state index in [2.05, 4.69) is 5.32 Å². The lowest BCUT2D eigenvalue weighted by Crippen LogP contribution is -2.37. The van der Waals surface area contributed by atoms with Crippen LogP contribution in [0.3, 0.4) is 0 Å². The molecule has 1 amide bonds. The van der Waals surface area contributed by atoms with Crippen LogP contribution >= 0.6 is 0 Å². The Morgan fingerprint density at radius 1 is 1.00 bits per heavy atom. The van der Waals surface area contributed by atoms with Gasteiger partial charge in [-0.1, -0.05) is 48.5 Å². The molecule has 4 heteroatoms. The summed E-state index contributed by atoms with van der Waals surface area (Å²) in [5.41, 5.74) is 4.37. The van der Waals surface area contributed by atoms with Crippen molar-refractivity contribution in [2.75, 3.05) is 6.54 Å². The Hall–Kier alpha value is -2.62. The highest BCUT2D eigenvalue weighted by Gasteiger charge is 2.17. The number of hydrogen-bond donors (Lipinski definition) is 1. The number of carbonyl (C=O) groups is 2. The first-order valence-electron chi connectivity index (χ1n) is 8.53. The minimum absolute atomic E-state index is 0.169. The van der Waals surface area contributed by atoms with E-state index in [0.29, 0.717) is 6.54 Å². The van der Waals surface area contributed by atoms with Crippen molar-refractivity contribution in [3.05, 3.63) is 70.8 Å². The van der Waals surface area contributed by atoms with Gasteiger partial charge in [0.25, 0.3) is 5.91 Å². The van der Waals surface area contributed by atoms with Crippen molar-refractivity contribution in [1.82, 2.24) is 5.32 Å². The van der Waals surface area contributed by atoms with Gasteiger partial charge in [-0.25, -0.2) is 0 Å². The predicted octanol–water partition coefficient (Wildman–Crippen LogP) is 3.14. The molecule has 2 aromatic rings. The van der Waals surface area contributed by atoms with Gasteiger partial charge >= 0.3 is 5.97 Å². The van der Waals surface area contributed by atoms with Crippen LogP contribution in [0.5, 0.6) is 0 Å². The Bertz CT molecular complexity index is 725. The predicted molar refractivity (Wildman–Crippen MR) is 98.3 cm³/mol. The van der Waals surface area contributed by atoms with Crippen LogP contribution in [-0.4, -0.2) is 24.5 Å². The second-order valence-electron chi connectivity index (χ2n) is 6.25. The summed E-state index contributed by atoms with van der Waals surface area (Å²) in [6, 6.07) is 15.8. The van der Waals surface area contributed by atoms with Crippen molar-refractivity contribution >= 4 is 11.9 Å². The highest BCUT2D eigenvalue weighted by molar-refractivity contribution is 5.83. The summed E-state index contributed by atoms with van der Waals surface area (Å²) in [4.78, 5) is 24.0. The van der Waals surface area contributed by atoms with Gasteiger partial charge in [-0.2, -0.15) is 0 Å². The summed E-state index contributed by atoms with van der Waals surface area (Å²) in [6.45, 7) is 6.14. The first-order chi connectivity index (χ1) is 12.0. The van der Waals surface area contributed by atoms with Crippen LogP contribution in [0.25, 0.3) is 0 Å². The number of esters is 1. The van der Waals surface area contributed by atoms with Gasteiger partial charge in [0.15, 0.2) is 6.10 Å². The molecule has 0 heterocycles. The number of benzene rings is 2. The van der Waals surface area contributed by atoms with E-state index in [1.54, 1.807) is 6.92 Å². The van der Waals surface area contributed by atoms with Gasteiger partial charge in [-0.15, -0.1) is 0 Å². The third kappa shape index (κ3) is 6.07. The van der Waals surface area contributed by atoms with Gasteiger partial charge in [-0.3, -0.25) is 9.59 Å². The SMILES string of the molecule is Cc1ccc(CC(=O)O[C@H](C)C(=O)NCCc2ccccc2)cc1C. The number of carbonyl (C=O) groups excluding carboxylic acids is 2. The van der Waals surface area contributed by atoms with Crippen LogP contribution in [-0.2, 0) is 27.2 Å². The molecule has 0 aliphatic rings. The fraction of sp³-hybridized carbons (Fsp3) is 0.333. The Labute approximate surface area is 149 Å². The molecule has 1 atom stereocenters. The van der Waals surface area contributed by atoms with Crippen molar-refractivity contribution in [3.63, 3.8) is 0 Å². The van der Waals surface area contributed by atoms with E-state index in [9.17, 15) is 9.59 Å². The molecule has 2 rings (SSSR count). The first kappa shape index (κ1) is 18.7. The molecule has 0 spiro atoms. The Morgan fingerprint density at radius 2 is 1.72 bits per heavy atom. The number of hydrogen-bond acceptors (Lipinski definition) is 3. The monoisotopic (exact) mass is 339 g/mol. The molecule has 0 saturated heterocycles. The Morgan fingerprint density at radius 3 is 2.40 bits per heavy atom. The summed E-state index contributed by atoms with van der Waals surface area (Å²) in [6.07, 6.45) is 0.119. The summed E-state index contributed by atoms with van der Waals surface area (Å²) < 4.78 is 5.24. The smallest absolute Gasteiger partial charge is 0.311 e. The van der Waals surface area contributed by atoms with Gasteiger partial charge in [-0.05, 0) is 49.4 Å². The molecular weight excluding hydrogens is 314 g/mol. The molecule has 0 bridgehead atoms. The van der Waals surface area contributed by atoms with E-state index < -0.39 is 12.1 Å². The minimum atomic E-state index is -0.796. The molecule has 25 heavy (non-hydrogen) atoms. The fourth-order valence-corrected chi connectivity index (χ4v) is 2.49. The van der Waals surface area contributed by atoms with Crippen LogP contribution in [0, 0.1) is 13.8 Å². The maximum absolute atomic E-state index is 12.0. The molecule has 0 unspecified atom stereocenters. The maximum Gasteiger partial charge on any atom is 0.311 e. The van der Waals surface area contributed by atoms with E-state index in [1.165, 1.54) is 5.56 Å². The molecular formula is C21H25NO3. The first-order valence-corrected chi connectivity index (χ1v) is 8.53. The quantitative estimate of drug-likeness (QED) is 0.789. The van der Waals surface area contributed by atoms with Gasteiger partial charge in [0, 0.05) is 6.54 Å². The normalized spacial score (nSPS) is 11.6. The van der Waals surface area contributed by atoms with E-state index in [4.69, 9.17) is 4.74 Å². The average Bonchev–Trinajstić information content (AvgIpc) is 2.59. The fourth-order valence-electron chi connectivity index (χ4n) is 2.49. The molecule has 0 saturated carbocycles. The van der Waals surface area contributed by atoms with Crippen LogP contribution in [0.2, 0.25) is 0 Å². The Kier molecular flexibility index (Phi) is 6.75. The summed E-state index contributed by atoms with van der Waals surface area (Å²) in [7, 11) is 0. The van der Waals surface area contributed by atoms with Crippen LogP contribution in [0.1, 0.15) is 29.2 Å². The molecule has 0 aromatic heterocycles. The van der Waals surface area contributed by atoms with Gasteiger partial charge in [0.05, 0.1) is 6.42 Å². The van der Waals surface area contributed by atoms with Gasteiger partial charge in [0.1, 0.15) is 0 Å². The highest BCUT2D eigenvalue weighted by Crippen LogP contribution is 2.11. The van der Waals surface area contributed by atoms with E-state index in [1.807, 2.05) is 62.4 Å². The summed E-state index contributed by atoms with van der Waals surface area (Å²) >= 11 is 0. The molecule has 0 radical (unpaired) electrons. The number of aryl methyl sites for hydroxylation is 2. The topological polar surface area (TPSA) is 55.4 Å². The van der Waals surface area contributed by atoms with Crippen LogP contribution in [0.15, 0.2) is 48.5 Å². The zero-order chi connectivity index (χ0) is 18.2. The van der Waals surface area contributed by atoms with E-state index >= 15 is 0 Å². The largest absolute Gasteiger partial charge is 0.452 e. The second-order valence-corrected chi connectivity index (χ2v) is 6.25. The number of nitrogens with one attached hydrogen (secondary N) is 1. The maximum atomic E-state index is 12.0. The lowest BCUT2D eigenvalue weighted by Gasteiger charge is -2.14. The third-order valence-electron chi connectivity index (χ3n) is 4.15. The third-order valence-corrected chi connectivity index (χ3v) is 4.15. The summed E-state index contributed by atoms with van der Waals surface area (Å²) in [5, 5.41) is 2.80. The molecule has 1 N–H and O–H groups in total. The Balaban J connectivity index is 1.75. The minimum Gasteiger partial charge on any atom is -0.452 e. The van der Waals surface area contributed by atoms with E-state index in [-0.39, 0.29) is 12.3 Å². The van der Waals surface area contributed by atoms with E-state index in [0.717, 1.165) is 23.1 Å². The number of rotatable bonds is 7. The standard InChI is InChI=1S/C21H25NO3/c1-15-9-10-19(13-16(15)2)14-20(23)25-17(3)21(24)22-12-11-18-7-5-4-6-8-18/h4-10,13,17H,11-12,14H2,1-3H3,(H,22,24)/t17-/m1/s1. The van der Waals surface area contributed by atoms with Gasteiger partial charge in [0.2, 0.25) is 0 Å². The lowest BCUT2D eigenvalue weighted by atomic mass is 10.0. The molecule has 2 aromatic carbocycles.